The maximum absolute atomic E-state index is 12.1. The molecule has 9 nitrogen and oxygen atoms in total. The van der Waals surface area contributed by atoms with E-state index in [2.05, 4.69) is 10.5 Å². The minimum absolute atomic E-state index is 0.0185. The quantitative estimate of drug-likeness (QED) is 0.494. The smallest absolute Gasteiger partial charge is 0.284 e. The van der Waals surface area contributed by atoms with Crippen molar-refractivity contribution in [3.8, 4) is 17.2 Å². The molecule has 0 saturated heterocycles. The molecule has 3 rings (SSSR count). The maximum Gasteiger partial charge on any atom is 0.284 e. The van der Waals surface area contributed by atoms with Crippen LogP contribution in [-0.4, -0.2) is 34.9 Å². The van der Waals surface area contributed by atoms with Gasteiger partial charge in [0.05, 0.1) is 16.7 Å². The van der Waals surface area contributed by atoms with Crippen molar-refractivity contribution in [3.05, 3.63) is 58.1 Å². The highest BCUT2D eigenvalue weighted by Gasteiger charge is 2.27. The number of nitrogens with one attached hydrogen (secondary N) is 1. The molecule has 0 aromatic heterocycles. The van der Waals surface area contributed by atoms with E-state index in [-0.39, 0.29) is 23.6 Å². The third-order valence-electron chi connectivity index (χ3n) is 3.39. The lowest BCUT2D eigenvalue weighted by Gasteiger charge is -2.24. The summed E-state index contributed by atoms with van der Waals surface area (Å²) < 4.78 is 10.9. The van der Waals surface area contributed by atoms with Gasteiger partial charge >= 0.3 is 0 Å². The van der Waals surface area contributed by atoms with Gasteiger partial charge in [0.1, 0.15) is 12.4 Å². The minimum atomic E-state index is -0.897. The first kappa shape index (κ1) is 16.2. The monoisotopic (exact) mass is 343 g/mol. The molecule has 0 radical (unpaired) electrons. The topological polar surface area (TPSA) is 123 Å². The van der Waals surface area contributed by atoms with E-state index in [4.69, 9.17) is 9.47 Å². The molecule has 1 aliphatic heterocycles. The van der Waals surface area contributed by atoms with Crippen LogP contribution in [0.3, 0.4) is 0 Å². The van der Waals surface area contributed by atoms with Crippen LogP contribution in [0, 0.1) is 10.1 Å². The summed E-state index contributed by atoms with van der Waals surface area (Å²) in [6, 6.07) is 10.4. The second-order valence-corrected chi connectivity index (χ2v) is 5.10. The fraction of sp³-hybridized carbons (Fsp3) is 0.125. The summed E-state index contributed by atoms with van der Waals surface area (Å²) in [5.41, 5.74) is 2.04. The summed E-state index contributed by atoms with van der Waals surface area (Å²) in [6.07, 6.45) is 0.180. The third-order valence-corrected chi connectivity index (χ3v) is 3.39. The van der Waals surface area contributed by atoms with E-state index in [9.17, 15) is 20.0 Å². The highest BCUT2D eigenvalue weighted by Crippen LogP contribution is 2.30. The average molecular weight is 343 g/mol. The number of fused-ring (bicyclic) bond motifs is 1. The average Bonchev–Trinajstić information content (AvgIpc) is 2.61. The number of nitro benzene ring substituents is 1. The summed E-state index contributed by atoms with van der Waals surface area (Å²) in [7, 11) is 0. The highest BCUT2D eigenvalue weighted by molar-refractivity contribution is 5.88. The molecule has 25 heavy (non-hydrogen) atoms. The van der Waals surface area contributed by atoms with Crippen LogP contribution in [0.4, 0.5) is 5.69 Å². The number of carbonyl (C=O) groups excluding carboxylic acids is 1. The van der Waals surface area contributed by atoms with E-state index >= 15 is 0 Å². The van der Waals surface area contributed by atoms with Gasteiger partial charge in [-0.25, -0.2) is 5.43 Å². The van der Waals surface area contributed by atoms with E-state index in [0.717, 1.165) is 12.3 Å². The van der Waals surface area contributed by atoms with Gasteiger partial charge in [-0.3, -0.25) is 14.9 Å². The Kier molecular flexibility index (Phi) is 4.46. The Bertz CT molecular complexity index is 852. The third kappa shape index (κ3) is 3.66. The molecule has 0 fully saturated rings. The van der Waals surface area contributed by atoms with Crippen LogP contribution < -0.4 is 14.9 Å². The van der Waals surface area contributed by atoms with Crippen molar-refractivity contribution in [1.82, 2.24) is 5.43 Å². The van der Waals surface area contributed by atoms with Crippen LogP contribution in [0.15, 0.2) is 47.6 Å². The van der Waals surface area contributed by atoms with Crippen molar-refractivity contribution in [3.63, 3.8) is 0 Å². The summed E-state index contributed by atoms with van der Waals surface area (Å²) in [5, 5.41) is 24.0. The summed E-state index contributed by atoms with van der Waals surface area (Å²) in [6.45, 7) is 0.0185. The predicted molar refractivity (Wildman–Crippen MR) is 86.9 cm³/mol. The Morgan fingerprint density at radius 2 is 2.08 bits per heavy atom. The predicted octanol–water partition coefficient (Wildman–Crippen LogP) is 1.59. The molecular formula is C16H13N3O6. The van der Waals surface area contributed by atoms with Crippen molar-refractivity contribution in [2.75, 3.05) is 6.61 Å². The molecule has 0 aliphatic carbocycles. The maximum atomic E-state index is 12.1. The number of hydrogen-bond donors (Lipinski definition) is 2. The van der Waals surface area contributed by atoms with Crippen LogP contribution in [0.25, 0.3) is 0 Å². The van der Waals surface area contributed by atoms with E-state index in [1.54, 1.807) is 24.3 Å². The van der Waals surface area contributed by atoms with Gasteiger partial charge < -0.3 is 14.6 Å². The second-order valence-electron chi connectivity index (χ2n) is 5.10. The fourth-order valence-corrected chi connectivity index (χ4v) is 2.20. The second kappa shape index (κ2) is 6.87. The Morgan fingerprint density at radius 3 is 2.84 bits per heavy atom. The lowest BCUT2D eigenvalue weighted by atomic mass is 10.2. The van der Waals surface area contributed by atoms with E-state index in [0.29, 0.717) is 11.5 Å². The van der Waals surface area contributed by atoms with Crippen molar-refractivity contribution in [2.45, 2.75) is 6.10 Å². The van der Waals surface area contributed by atoms with Gasteiger partial charge in [-0.1, -0.05) is 12.1 Å². The molecule has 1 amide bonds. The van der Waals surface area contributed by atoms with Crippen LogP contribution in [0.2, 0.25) is 0 Å². The molecule has 0 spiro atoms. The van der Waals surface area contributed by atoms with Crippen LogP contribution in [-0.2, 0) is 4.79 Å². The Balaban J connectivity index is 1.66. The van der Waals surface area contributed by atoms with Crippen molar-refractivity contribution >= 4 is 17.8 Å². The van der Waals surface area contributed by atoms with Gasteiger partial charge in [0.2, 0.25) is 6.10 Å². The van der Waals surface area contributed by atoms with E-state index in [1.807, 2.05) is 0 Å². The number of carbonyl (C=O) groups is 1. The molecule has 1 heterocycles. The zero-order valence-corrected chi connectivity index (χ0v) is 12.8. The number of aromatic hydroxyl groups is 1. The van der Waals surface area contributed by atoms with Crippen LogP contribution >= 0.6 is 0 Å². The van der Waals surface area contributed by atoms with E-state index in [1.165, 1.54) is 12.1 Å². The largest absolute Gasteiger partial charge is 0.508 e. The first-order valence-corrected chi connectivity index (χ1v) is 7.23. The van der Waals surface area contributed by atoms with Gasteiger partial charge in [-0.05, 0) is 24.3 Å². The first-order chi connectivity index (χ1) is 12.0. The number of ether oxygens (including phenoxy) is 2. The van der Waals surface area contributed by atoms with Gasteiger partial charge in [0, 0.05) is 6.07 Å². The van der Waals surface area contributed by atoms with Crippen molar-refractivity contribution in [2.24, 2.45) is 5.10 Å². The number of benzene rings is 2. The van der Waals surface area contributed by atoms with Crippen molar-refractivity contribution in [1.29, 1.82) is 0 Å². The molecule has 2 N–H and O–H groups in total. The zero-order valence-electron chi connectivity index (χ0n) is 12.8. The lowest BCUT2D eigenvalue weighted by molar-refractivity contribution is -0.385. The summed E-state index contributed by atoms with van der Waals surface area (Å²) in [4.78, 5) is 22.4. The molecule has 2 aromatic rings. The number of nitrogens with zero attached hydrogens (tertiary/aromatic N) is 2. The summed E-state index contributed by atoms with van der Waals surface area (Å²) >= 11 is 0. The number of rotatable bonds is 4. The molecule has 0 saturated carbocycles. The number of phenolic OH excluding ortho intramolecular Hbond substituents is 1. The normalized spacial score (nSPS) is 15.8. The van der Waals surface area contributed by atoms with Gasteiger partial charge in [-0.2, -0.15) is 5.10 Å². The van der Waals surface area contributed by atoms with Crippen LogP contribution in [0.1, 0.15) is 5.56 Å². The molecule has 0 unspecified atom stereocenters. The number of nitro groups is 1. The zero-order chi connectivity index (χ0) is 17.8. The number of phenols is 1. The summed E-state index contributed by atoms with van der Waals surface area (Å²) in [5.74, 6) is 0.277. The molecular weight excluding hydrogens is 330 g/mol. The number of para-hydroxylation sites is 2. The standard InChI is InChI=1S/C16H13N3O6/c20-11-5-6-12(19(22)23)10(7-11)8-17-18-16(21)15-9-24-13-3-1-2-4-14(13)25-15/h1-8,15,20H,9H2,(H,18,21)/b17-8+/t15-/m1/s1. The molecule has 0 bridgehead atoms. The molecule has 1 atom stereocenters. The van der Waals surface area contributed by atoms with Gasteiger partial charge in [0.25, 0.3) is 11.6 Å². The number of hydrazone groups is 1. The minimum Gasteiger partial charge on any atom is -0.508 e. The lowest BCUT2D eigenvalue weighted by Crippen LogP contribution is -2.42. The van der Waals surface area contributed by atoms with Gasteiger partial charge in [0.15, 0.2) is 11.5 Å². The Hall–Kier alpha value is -3.62. The van der Waals surface area contributed by atoms with E-state index < -0.39 is 16.9 Å². The van der Waals surface area contributed by atoms with Gasteiger partial charge in [-0.15, -0.1) is 0 Å². The SMILES string of the molecule is O=C(N/N=C/c1cc(O)ccc1[N+](=O)[O-])[C@H]1COc2ccccc2O1. The molecule has 1 aliphatic rings. The highest BCUT2D eigenvalue weighted by atomic mass is 16.6. The van der Waals surface area contributed by atoms with Crippen LogP contribution in [0.5, 0.6) is 17.2 Å². The first-order valence-electron chi connectivity index (χ1n) is 7.23. The Morgan fingerprint density at radius 1 is 1.32 bits per heavy atom. The number of amides is 1. The fourth-order valence-electron chi connectivity index (χ4n) is 2.20. The molecule has 9 heteroatoms. The molecule has 128 valence electrons. The Labute approximate surface area is 141 Å². The van der Waals surface area contributed by atoms with Crippen molar-refractivity contribution < 1.29 is 24.3 Å². The molecule has 2 aromatic carbocycles. The number of hydrogen-bond acceptors (Lipinski definition) is 7.